The highest BCUT2D eigenvalue weighted by molar-refractivity contribution is 5.60. The first kappa shape index (κ1) is 13.3. The van der Waals surface area contributed by atoms with Gasteiger partial charge in [-0.3, -0.25) is 0 Å². The van der Waals surface area contributed by atoms with Crippen molar-refractivity contribution in [1.29, 1.82) is 0 Å². The van der Waals surface area contributed by atoms with Gasteiger partial charge in [-0.05, 0) is 23.2 Å². The number of nitrogens with zero attached hydrogens (tertiary/aromatic N) is 4. The van der Waals surface area contributed by atoms with Gasteiger partial charge in [0.2, 0.25) is 0 Å². The van der Waals surface area contributed by atoms with E-state index in [2.05, 4.69) is 33.1 Å². The van der Waals surface area contributed by atoms with Gasteiger partial charge in [-0.15, -0.1) is 0 Å². The Balaban J connectivity index is 1.85. The van der Waals surface area contributed by atoms with Crippen LogP contribution in [0.5, 0.6) is 5.75 Å². The average molecular weight is 280 g/mol. The van der Waals surface area contributed by atoms with E-state index in [-0.39, 0.29) is 6.10 Å². The molecule has 2 aromatic rings. The maximum Gasteiger partial charge on any atom is 0.143 e. The first-order chi connectivity index (χ1) is 10.4. The van der Waals surface area contributed by atoms with Crippen LogP contribution in [0.4, 0.5) is 5.69 Å². The van der Waals surface area contributed by atoms with Crippen molar-refractivity contribution in [2.45, 2.75) is 12.6 Å². The van der Waals surface area contributed by atoms with Gasteiger partial charge in [0, 0.05) is 11.5 Å². The van der Waals surface area contributed by atoms with Gasteiger partial charge < -0.3 is 9.64 Å². The lowest BCUT2D eigenvalue weighted by Crippen LogP contribution is -2.41. The number of hydrogen-bond acceptors (Lipinski definition) is 3. The predicted octanol–water partition coefficient (Wildman–Crippen LogP) is 3.76. The fraction of sp³-hybridized carbons (Fsp3) is 0.250. The number of azide groups is 1. The van der Waals surface area contributed by atoms with Crippen molar-refractivity contribution in [3.05, 3.63) is 70.6 Å². The fourth-order valence-electron chi connectivity index (χ4n) is 2.56. The summed E-state index contributed by atoms with van der Waals surface area (Å²) in [5.41, 5.74) is 10.8. The van der Waals surface area contributed by atoms with Crippen molar-refractivity contribution in [2.24, 2.45) is 5.11 Å². The summed E-state index contributed by atoms with van der Waals surface area (Å²) in [6, 6.07) is 18.3. The second-order valence-corrected chi connectivity index (χ2v) is 4.99. The molecule has 0 N–H and O–H groups in total. The van der Waals surface area contributed by atoms with Gasteiger partial charge in [0.15, 0.2) is 0 Å². The molecule has 0 spiro atoms. The van der Waals surface area contributed by atoms with Crippen LogP contribution in [0.2, 0.25) is 0 Å². The normalized spacial score (nSPS) is 16.6. The first-order valence-corrected chi connectivity index (χ1v) is 6.92. The molecule has 1 unspecified atom stereocenters. The Morgan fingerprint density at radius 1 is 1.14 bits per heavy atom. The summed E-state index contributed by atoms with van der Waals surface area (Å²) < 4.78 is 5.90. The molecule has 0 aromatic heterocycles. The van der Waals surface area contributed by atoms with Crippen molar-refractivity contribution in [3.8, 4) is 5.75 Å². The Morgan fingerprint density at radius 2 is 1.90 bits per heavy atom. The molecule has 2 aromatic carbocycles. The first-order valence-electron chi connectivity index (χ1n) is 6.92. The molecule has 0 bridgehead atoms. The van der Waals surface area contributed by atoms with E-state index in [1.165, 1.54) is 5.56 Å². The minimum atomic E-state index is -0.112. The molecule has 3 rings (SSSR count). The van der Waals surface area contributed by atoms with Gasteiger partial charge >= 0.3 is 0 Å². The predicted molar refractivity (Wildman–Crippen MR) is 82.4 cm³/mol. The Morgan fingerprint density at radius 3 is 2.71 bits per heavy atom. The molecule has 1 heterocycles. The molecule has 0 aliphatic carbocycles. The van der Waals surface area contributed by atoms with E-state index < -0.39 is 0 Å². The quantitative estimate of drug-likeness (QED) is 0.486. The highest BCUT2D eigenvalue weighted by Gasteiger charge is 2.24. The summed E-state index contributed by atoms with van der Waals surface area (Å²) >= 11 is 0. The number of anilines is 1. The van der Waals surface area contributed by atoms with E-state index >= 15 is 0 Å². The lowest BCUT2D eigenvalue weighted by Gasteiger charge is -2.36. The van der Waals surface area contributed by atoms with Crippen molar-refractivity contribution < 1.29 is 4.74 Å². The Hall–Kier alpha value is -2.65. The Kier molecular flexibility index (Phi) is 3.94. The van der Waals surface area contributed by atoms with Gasteiger partial charge in [-0.25, -0.2) is 0 Å². The third-order valence-electron chi connectivity index (χ3n) is 3.49. The average Bonchev–Trinajstić information content (AvgIpc) is 2.54. The van der Waals surface area contributed by atoms with Crippen molar-refractivity contribution in [3.63, 3.8) is 0 Å². The van der Waals surface area contributed by atoms with Crippen LogP contribution in [-0.2, 0) is 6.54 Å². The molecule has 21 heavy (non-hydrogen) atoms. The smallest absolute Gasteiger partial charge is 0.143 e. The van der Waals surface area contributed by atoms with Crippen LogP contribution in [0, 0.1) is 0 Å². The number of hydrogen-bond donors (Lipinski definition) is 0. The summed E-state index contributed by atoms with van der Waals surface area (Å²) in [5.74, 6) is 0.845. The second kappa shape index (κ2) is 6.20. The van der Waals surface area contributed by atoms with Gasteiger partial charge in [0.05, 0.1) is 18.8 Å². The molecule has 0 radical (unpaired) electrons. The van der Waals surface area contributed by atoms with E-state index in [0.29, 0.717) is 13.1 Å². The number of para-hydroxylation sites is 2. The summed E-state index contributed by atoms with van der Waals surface area (Å²) in [7, 11) is 0. The van der Waals surface area contributed by atoms with Crippen LogP contribution in [0.15, 0.2) is 59.7 Å². The van der Waals surface area contributed by atoms with Crippen LogP contribution in [0.3, 0.4) is 0 Å². The third-order valence-corrected chi connectivity index (χ3v) is 3.49. The molecule has 0 saturated carbocycles. The fourth-order valence-corrected chi connectivity index (χ4v) is 2.56. The van der Waals surface area contributed by atoms with Gasteiger partial charge in [0.25, 0.3) is 0 Å². The number of benzene rings is 2. The zero-order valence-corrected chi connectivity index (χ0v) is 11.6. The number of fused-ring (bicyclic) bond motifs is 1. The van der Waals surface area contributed by atoms with Crippen LogP contribution in [0.25, 0.3) is 10.4 Å². The lowest BCUT2D eigenvalue weighted by atomic mass is 10.1. The Labute approximate surface area is 123 Å². The molecule has 0 saturated heterocycles. The third kappa shape index (κ3) is 3.09. The summed E-state index contributed by atoms with van der Waals surface area (Å²) in [5, 5.41) is 3.64. The molecule has 5 heteroatoms. The summed E-state index contributed by atoms with van der Waals surface area (Å²) in [6.07, 6.45) is -0.112. The van der Waals surface area contributed by atoms with Crippen LogP contribution < -0.4 is 9.64 Å². The molecule has 1 aliphatic heterocycles. The molecular weight excluding hydrogens is 264 g/mol. The van der Waals surface area contributed by atoms with Gasteiger partial charge in [-0.1, -0.05) is 47.6 Å². The molecule has 1 aliphatic rings. The SMILES string of the molecule is [N-]=[N+]=NCC1CN(Cc2ccccc2)c2ccccc2O1. The van der Waals surface area contributed by atoms with E-state index in [9.17, 15) is 0 Å². The molecule has 0 amide bonds. The Bertz CT molecular complexity index is 652. The lowest BCUT2D eigenvalue weighted by molar-refractivity contribution is 0.200. The summed E-state index contributed by atoms with van der Waals surface area (Å²) in [6.45, 7) is 1.87. The summed E-state index contributed by atoms with van der Waals surface area (Å²) in [4.78, 5) is 5.09. The van der Waals surface area contributed by atoms with E-state index in [1.807, 2.05) is 36.4 Å². The molecule has 106 valence electrons. The second-order valence-electron chi connectivity index (χ2n) is 4.99. The minimum absolute atomic E-state index is 0.112. The minimum Gasteiger partial charge on any atom is -0.486 e. The maximum absolute atomic E-state index is 8.48. The molecule has 1 atom stereocenters. The zero-order valence-electron chi connectivity index (χ0n) is 11.6. The monoisotopic (exact) mass is 280 g/mol. The van der Waals surface area contributed by atoms with Crippen LogP contribution in [0.1, 0.15) is 5.56 Å². The topological polar surface area (TPSA) is 61.2 Å². The molecular formula is C16H16N4O. The van der Waals surface area contributed by atoms with Gasteiger partial charge in [-0.2, -0.15) is 0 Å². The molecule has 0 fully saturated rings. The number of ether oxygens (including phenoxy) is 1. The van der Waals surface area contributed by atoms with Crippen LogP contribution in [-0.4, -0.2) is 19.2 Å². The van der Waals surface area contributed by atoms with E-state index in [1.54, 1.807) is 0 Å². The van der Waals surface area contributed by atoms with E-state index in [4.69, 9.17) is 10.3 Å². The van der Waals surface area contributed by atoms with Gasteiger partial charge in [0.1, 0.15) is 11.9 Å². The zero-order chi connectivity index (χ0) is 14.5. The standard InChI is InChI=1S/C16H16N4O/c17-19-18-10-14-12-20(11-13-6-2-1-3-7-13)15-8-4-5-9-16(15)21-14/h1-9,14H,10-12H2. The van der Waals surface area contributed by atoms with Crippen molar-refractivity contribution in [2.75, 3.05) is 18.0 Å². The van der Waals surface area contributed by atoms with Crippen molar-refractivity contribution in [1.82, 2.24) is 0 Å². The largest absolute Gasteiger partial charge is 0.486 e. The van der Waals surface area contributed by atoms with Crippen LogP contribution >= 0.6 is 0 Å². The highest BCUT2D eigenvalue weighted by atomic mass is 16.5. The number of rotatable bonds is 4. The highest BCUT2D eigenvalue weighted by Crippen LogP contribution is 2.34. The molecule has 5 nitrogen and oxygen atoms in total. The van der Waals surface area contributed by atoms with E-state index in [0.717, 1.165) is 18.0 Å². The van der Waals surface area contributed by atoms with Crippen molar-refractivity contribution >= 4 is 5.69 Å². The maximum atomic E-state index is 8.48.